The van der Waals surface area contributed by atoms with Crippen molar-refractivity contribution in [3.63, 3.8) is 0 Å². The Bertz CT molecular complexity index is 571. The summed E-state index contributed by atoms with van der Waals surface area (Å²) in [5.41, 5.74) is -0.875. The predicted octanol–water partition coefficient (Wildman–Crippen LogP) is 1.49. The number of nitrogens with one attached hydrogen (secondary N) is 1. The van der Waals surface area contributed by atoms with Crippen LogP contribution < -0.4 is 10.2 Å². The number of halogens is 1. The number of amides is 2. The normalized spacial score (nSPS) is 18.4. The number of aromatic nitrogens is 2. The maximum atomic E-state index is 12.0. The van der Waals surface area contributed by atoms with Gasteiger partial charge in [0.2, 0.25) is 5.91 Å². The SMILES string of the molecule is CC(C)c1nc(Cl)cc(N2CC(=O)NC(=O)C2(C)C)n1. The van der Waals surface area contributed by atoms with Crippen molar-refractivity contribution in [2.24, 2.45) is 0 Å². The van der Waals surface area contributed by atoms with Crippen LogP contribution in [0.5, 0.6) is 0 Å². The molecule has 2 heterocycles. The van der Waals surface area contributed by atoms with Crippen LogP contribution in [-0.2, 0) is 9.59 Å². The predicted molar refractivity (Wildman–Crippen MR) is 75.7 cm³/mol. The van der Waals surface area contributed by atoms with Crippen LogP contribution in [-0.4, -0.2) is 33.9 Å². The highest BCUT2D eigenvalue weighted by atomic mass is 35.5. The number of rotatable bonds is 2. The van der Waals surface area contributed by atoms with Crippen molar-refractivity contribution in [3.05, 3.63) is 17.0 Å². The van der Waals surface area contributed by atoms with Crippen LogP contribution >= 0.6 is 11.6 Å². The summed E-state index contributed by atoms with van der Waals surface area (Å²) >= 11 is 6.02. The molecule has 0 atom stereocenters. The first kappa shape index (κ1) is 14.7. The number of carbonyl (C=O) groups is 2. The lowest BCUT2D eigenvalue weighted by Gasteiger charge is -2.41. The molecule has 0 spiro atoms. The molecule has 2 amide bonds. The molecule has 0 radical (unpaired) electrons. The summed E-state index contributed by atoms with van der Waals surface area (Å²) in [7, 11) is 0. The van der Waals surface area contributed by atoms with E-state index in [2.05, 4.69) is 15.3 Å². The third-order valence-electron chi connectivity index (χ3n) is 3.28. The number of hydrogen-bond acceptors (Lipinski definition) is 5. The molecule has 1 aliphatic rings. The van der Waals surface area contributed by atoms with Crippen molar-refractivity contribution in [3.8, 4) is 0 Å². The lowest BCUT2D eigenvalue weighted by atomic mass is 9.99. The first-order valence-corrected chi connectivity index (χ1v) is 6.76. The van der Waals surface area contributed by atoms with E-state index in [9.17, 15) is 9.59 Å². The van der Waals surface area contributed by atoms with Crippen LogP contribution in [0.4, 0.5) is 5.82 Å². The average Bonchev–Trinajstić information content (AvgIpc) is 2.33. The van der Waals surface area contributed by atoms with Crippen LogP contribution in [0.15, 0.2) is 6.07 Å². The van der Waals surface area contributed by atoms with Crippen molar-refractivity contribution in [1.29, 1.82) is 0 Å². The van der Waals surface area contributed by atoms with Crippen LogP contribution in [0.2, 0.25) is 5.15 Å². The van der Waals surface area contributed by atoms with E-state index in [0.717, 1.165) is 0 Å². The van der Waals surface area contributed by atoms with Gasteiger partial charge in [-0.05, 0) is 13.8 Å². The molecule has 1 saturated heterocycles. The van der Waals surface area contributed by atoms with Gasteiger partial charge in [0.15, 0.2) is 0 Å². The Morgan fingerprint density at radius 2 is 2.00 bits per heavy atom. The summed E-state index contributed by atoms with van der Waals surface area (Å²) in [4.78, 5) is 33.8. The van der Waals surface area contributed by atoms with Gasteiger partial charge in [-0.25, -0.2) is 9.97 Å². The van der Waals surface area contributed by atoms with Gasteiger partial charge in [-0.3, -0.25) is 14.9 Å². The van der Waals surface area contributed by atoms with Gasteiger partial charge in [-0.15, -0.1) is 0 Å². The van der Waals surface area contributed by atoms with Gasteiger partial charge in [-0.2, -0.15) is 0 Å². The standard InChI is InChI=1S/C13H17ClN4O2/c1-7(2)11-15-8(14)5-9(16-11)18-6-10(19)17-12(20)13(18,3)4/h5,7H,6H2,1-4H3,(H,17,19,20). The molecule has 0 unspecified atom stereocenters. The highest BCUT2D eigenvalue weighted by molar-refractivity contribution is 6.29. The van der Waals surface area contributed by atoms with Gasteiger partial charge >= 0.3 is 0 Å². The Balaban J connectivity index is 2.48. The van der Waals surface area contributed by atoms with Crippen molar-refractivity contribution in [2.75, 3.05) is 11.4 Å². The van der Waals surface area contributed by atoms with Crippen molar-refractivity contribution < 1.29 is 9.59 Å². The third kappa shape index (κ3) is 2.60. The number of anilines is 1. The molecule has 0 saturated carbocycles. The van der Waals surface area contributed by atoms with E-state index in [4.69, 9.17) is 11.6 Å². The molecule has 1 fully saturated rings. The summed E-state index contributed by atoms with van der Waals surface area (Å²) in [6.07, 6.45) is 0. The Morgan fingerprint density at radius 1 is 1.35 bits per heavy atom. The number of hydrogen-bond donors (Lipinski definition) is 1. The smallest absolute Gasteiger partial charge is 0.251 e. The van der Waals surface area contributed by atoms with E-state index in [1.807, 2.05) is 13.8 Å². The van der Waals surface area contributed by atoms with Gasteiger partial charge < -0.3 is 4.90 Å². The molecule has 1 aromatic rings. The van der Waals surface area contributed by atoms with Gasteiger partial charge in [0.05, 0.1) is 6.54 Å². The zero-order chi connectivity index (χ0) is 15.1. The van der Waals surface area contributed by atoms with Crippen molar-refractivity contribution >= 4 is 29.2 Å². The van der Waals surface area contributed by atoms with E-state index in [1.165, 1.54) is 0 Å². The first-order chi connectivity index (χ1) is 9.21. The van der Waals surface area contributed by atoms with Crippen LogP contribution in [0.1, 0.15) is 39.4 Å². The third-order valence-corrected chi connectivity index (χ3v) is 3.47. The fourth-order valence-electron chi connectivity index (χ4n) is 1.97. The second-order valence-corrected chi connectivity index (χ2v) is 5.97. The molecule has 0 aromatic carbocycles. The summed E-state index contributed by atoms with van der Waals surface area (Å²) in [6.45, 7) is 7.44. The number of imide groups is 1. The summed E-state index contributed by atoms with van der Waals surface area (Å²) in [6, 6.07) is 1.57. The summed E-state index contributed by atoms with van der Waals surface area (Å²) in [5, 5.41) is 2.62. The zero-order valence-corrected chi connectivity index (χ0v) is 12.7. The number of carbonyl (C=O) groups excluding carboxylic acids is 2. The van der Waals surface area contributed by atoms with E-state index in [-0.39, 0.29) is 24.3 Å². The van der Waals surface area contributed by atoms with Crippen molar-refractivity contribution in [1.82, 2.24) is 15.3 Å². The molecule has 7 heteroatoms. The van der Waals surface area contributed by atoms with Crippen molar-refractivity contribution in [2.45, 2.75) is 39.2 Å². The topological polar surface area (TPSA) is 75.2 Å². The number of nitrogens with zero attached hydrogens (tertiary/aromatic N) is 3. The second-order valence-electron chi connectivity index (χ2n) is 5.58. The monoisotopic (exact) mass is 296 g/mol. The molecule has 0 bridgehead atoms. The second kappa shape index (κ2) is 5.01. The molecule has 1 N–H and O–H groups in total. The summed E-state index contributed by atoms with van der Waals surface area (Å²) < 4.78 is 0. The largest absolute Gasteiger partial charge is 0.333 e. The Hall–Kier alpha value is -1.69. The first-order valence-electron chi connectivity index (χ1n) is 6.38. The van der Waals surface area contributed by atoms with Gasteiger partial charge in [0.25, 0.3) is 5.91 Å². The molecule has 0 aliphatic carbocycles. The average molecular weight is 297 g/mol. The maximum Gasteiger partial charge on any atom is 0.251 e. The number of piperazine rings is 1. The Labute approximate surface area is 122 Å². The Kier molecular flexibility index (Phi) is 3.69. The molecular weight excluding hydrogens is 280 g/mol. The fraction of sp³-hybridized carbons (Fsp3) is 0.538. The van der Waals surface area contributed by atoms with Gasteiger partial charge in [-0.1, -0.05) is 25.4 Å². The molecule has 20 heavy (non-hydrogen) atoms. The Morgan fingerprint density at radius 3 is 2.60 bits per heavy atom. The highest BCUT2D eigenvalue weighted by Gasteiger charge is 2.41. The lowest BCUT2D eigenvalue weighted by molar-refractivity contribution is -0.135. The van der Waals surface area contributed by atoms with E-state index in [1.54, 1.807) is 24.8 Å². The van der Waals surface area contributed by atoms with Crippen LogP contribution in [0.3, 0.4) is 0 Å². The van der Waals surface area contributed by atoms with E-state index >= 15 is 0 Å². The lowest BCUT2D eigenvalue weighted by Crippen LogP contribution is -2.64. The van der Waals surface area contributed by atoms with Gasteiger partial charge in [0, 0.05) is 12.0 Å². The van der Waals surface area contributed by atoms with Crippen LogP contribution in [0, 0.1) is 0 Å². The molecule has 108 valence electrons. The quantitative estimate of drug-likeness (QED) is 0.661. The zero-order valence-electron chi connectivity index (χ0n) is 11.9. The molecular formula is C13H17ClN4O2. The van der Waals surface area contributed by atoms with Crippen LogP contribution in [0.25, 0.3) is 0 Å². The molecule has 6 nitrogen and oxygen atoms in total. The maximum absolute atomic E-state index is 12.0. The van der Waals surface area contributed by atoms with Gasteiger partial charge in [0.1, 0.15) is 22.3 Å². The minimum absolute atomic E-state index is 0.0591. The molecule has 1 aromatic heterocycles. The minimum atomic E-state index is -0.875. The summed E-state index contributed by atoms with van der Waals surface area (Å²) in [5.74, 6) is 0.471. The fourth-order valence-corrected chi connectivity index (χ4v) is 2.15. The molecule has 1 aliphatic heterocycles. The van der Waals surface area contributed by atoms with E-state index < -0.39 is 5.54 Å². The highest BCUT2D eigenvalue weighted by Crippen LogP contribution is 2.27. The molecule has 2 rings (SSSR count). The van der Waals surface area contributed by atoms with E-state index in [0.29, 0.717) is 16.8 Å². The minimum Gasteiger partial charge on any atom is -0.333 e.